The molecule has 0 aliphatic carbocycles. The number of aromatic nitrogens is 1. The number of anilines is 1. The highest BCUT2D eigenvalue weighted by atomic mass is 16.4. The van der Waals surface area contributed by atoms with Crippen LogP contribution >= 0.6 is 0 Å². The van der Waals surface area contributed by atoms with E-state index in [9.17, 15) is 14.7 Å². The summed E-state index contributed by atoms with van der Waals surface area (Å²) in [5.41, 5.74) is 7.99. The lowest BCUT2D eigenvalue weighted by molar-refractivity contribution is -0.154. The molecule has 8 nitrogen and oxygen atoms in total. The van der Waals surface area contributed by atoms with E-state index in [-0.39, 0.29) is 17.8 Å². The molecule has 3 aromatic rings. The van der Waals surface area contributed by atoms with Crippen LogP contribution in [0.4, 0.5) is 5.69 Å². The predicted molar refractivity (Wildman–Crippen MR) is 122 cm³/mol. The van der Waals surface area contributed by atoms with Crippen molar-refractivity contribution in [1.29, 1.82) is 0 Å². The Labute approximate surface area is 185 Å². The SMILES string of the molecule is CCN1C(=O)C(Nc2cccc3ncccc23)=C(C(=O)O)C(c2ccccc2)N1CCN. The number of pyridine rings is 1. The quantitative estimate of drug-likeness (QED) is 0.527. The predicted octanol–water partition coefficient (Wildman–Crippen LogP) is 2.76. The zero-order valence-corrected chi connectivity index (χ0v) is 17.7. The minimum atomic E-state index is -1.16. The molecule has 1 atom stereocenters. The average molecular weight is 431 g/mol. The van der Waals surface area contributed by atoms with Gasteiger partial charge >= 0.3 is 5.97 Å². The van der Waals surface area contributed by atoms with E-state index in [4.69, 9.17) is 5.73 Å². The molecule has 1 unspecified atom stereocenters. The maximum absolute atomic E-state index is 13.5. The molecule has 0 saturated heterocycles. The molecular formula is C24H25N5O3. The standard InChI is InChI=1S/C24H25N5O3/c1-2-28-23(30)21(27-19-12-6-11-18-17(19)10-7-14-26-18)20(24(31)32)22(29(28)15-13-25)16-8-4-3-5-9-16/h3-12,14,22,27H,2,13,15,25H2,1H3,(H,31,32). The molecule has 1 aliphatic heterocycles. The molecule has 32 heavy (non-hydrogen) atoms. The van der Waals surface area contributed by atoms with Gasteiger partial charge in [-0.1, -0.05) is 36.4 Å². The van der Waals surface area contributed by atoms with E-state index in [0.29, 0.717) is 18.8 Å². The van der Waals surface area contributed by atoms with Crippen molar-refractivity contribution in [2.75, 3.05) is 25.0 Å². The van der Waals surface area contributed by atoms with Crippen LogP contribution in [-0.4, -0.2) is 51.6 Å². The van der Waals surface area contributed by atoms with Crippen molar-refractivity contribution in [2.24, 2.45) is 5.73 Å². The number of aliphatic carboxylic acids is 1. The van der Waals surface area contributed by atoms with Gasteiger partial charge in [-0.15, -0.1) is 0 Å². The number of nitrogens with two attached hydrogens (primary N) is 1. The van der Waals surface area contributed by atoms with Gasteiger partial charge in [0.2, 0.25) is 0 Å². The Morgan fingerprint density at radius 1 is 1.12 bits per heavy atom. The van der Waals surface area contributed by atoms with E-state index in [1.807, 2.05) is 61.5 Å². The van der Waals surface area contributed by atoms with Crippen LogP contribution in [0.25, 0.3) is 10.9 Å². The van der Waals surface area contributed by atoms with E-state index < -0.39 is 17.9 Å². The molecule has 0 bridgehead atoms. The fourth-order valence-corrected chi connectivity index (χ4v) is 4.16. The maximum Gasteiger partial charge on any atom is 0.335 e. The summed E-state index contributed by atoms with van der Waals surface area (Å²) in [6.07, 6.45) is 1.69. The molecule has 0 spiro atoms. The summed E-state index contributed by atoms with van der Waals surface area (Å²) in [6, 6.07) is 17.8. The molecule has 164 valence electrons. The zero-order chi connectivity index (χ0) is 22.7. The summed E-state index contributed by atoms with van der Waals surface area (Å²) < 4.78 is 0. The van der Waals surface area contributed by atoms with Crippen LogP contribution in [0.2, 0.25) is 0 Å². The Hall–Kier alpha value is -3.75. The highest BCUT2D eigenvalue weighted by Crippen LogP contribution is 2.37. The fourth-order valence-electron chi connectivity index (χ4n) is 4.16. The average Bonchev–Trinajstić information content (AvgIpc) is 2.81. The number of nitrogens with one attached hydrogen (secondary N) is 1. The second-order valence-corrected chi connectivity index (χ2v) is 7.38. The minimum Gasteiger partial charge on any atom is -0.478 e. The molecule has 2 heterocycles. The summed E-state index contributed by atoms with van der Waals surface area (Å²) in [5, 5.41) is 17.5. The number of fused-ring (bicyclic) bond motifs is 1. The third-order valence-electron chi connectivity index (χ3n) is 5.51. The second-order valence-electron chi connectivity index (χ2n) is 7.38. The number of benzene rings is 2. The second kappa shape index (κ2) is 9.17. The Morgan fingerprint density at radius 2 is 1.91 bits per heavy atom. The normalized spacial score (nSPS) is 17.1. The zero-order valence-electron chi connectivity index (χ0n) is 17.7. The molecule has 8 heteroatoms. The minimum absolute atomic E-state index is 0.0137. The van der Waals surface area contributed by atoms with E-state index in [2.05, 4.69) is 10.3 Å². The van der Waals surface area contributed by atoms with Crippen molar-refractivity contribution >= 4 is 28.5 Å². The number of carbonyl (C=O) groups excluding carboxylic acids is 1. The Balaban J connectivity index is 1.93. The number of carboxylic acids is 1. The van der Waals surface area contributed by atoms with Crippen molar-refractivity contribution in [3.63, 3.8) is 0 Å². The van der Waals surface area contributed by atoms with Gasteiger partial charge in [0, 0.05) is 36.9 Å². The van der Waals surface area contributed by atoms with Crippen LogP contribution in [0.3, 0.4) is 0 Å². The van der Waals surface area contributed by atoms with Gasteiger partial charge in [-0.2, -0.15) is 0 Å². The lowest BCUT2D eigenvalue weighted by Gasteiger charge is -2.44. The molecule has 1 amide bonds. The van der Waals surface area contributed by atoms with Gasteiger partial charge < -0.3 is 16.2 Å². The first-order valence-electron chi connectivity index (χ1n) is 10.5. The fraction of sp³-hybridized carbons (Fsp3) is 0.208. The molecule has 0 radical (unpaired) electrons. The summed E-state index contributed by atoms with van der Waals surface area (Å²) in [4.78, 5) is 30.4. The summed E-state index contributed by atoms with van der Waals surface area (Å²) in [7, 11) is 0. The van der Waals surface area contributed by atoms with Crippen LogP contribution in [0.5, 0.6) is 0 Å². The summed E-state index contributed by atoms with van der Waals surface area (Å²) in [6.45, 7) is 2.84. The number of carboxylic acid groups (broad SMARTS) is 1. The highest BCUT2D eigenvalue weighted by molar-refractivity contribution is 6.07. The maximum atomic E-state index is 13.5. The first-order chi connectivity index (χ1) is 15.6. The van der Waals surface area contributed by atoms with Crippen LogP contribution in [0.15, 0.2) is 78.1 Å². The van der Waals surface area contributed by atoms with Crippen molar-refractivity contribution < 1.29 is 14.7 Å². The van der Waals surface area contributed by atoms with Gasteiger partial charge in [-0.05, 0) is 36.8 Å². The monoisotopic (exact) mass is 431 g/mol. The molecular weight excluding hydrogens is 406 g/mol. The molecule has 0 fully saturated rings. The van der Waals surface area contributed by atoms with Crippen molar-refractivity contribution in [3.8, 4) is 0 Å². The number of rotatable bonds is 7. The van der Waals surface area contributed by atoms with Gasteiger partial charge in [0.25, 0.3) is 5.91 Å². The topological polar surface area (TPSA) is 112 Å². The number of hydrazine groups is 1. The summed E-state index contributed by atoms with van der Waals surface area (Å²) in [5.74, 6) is -1.57. The number of hydrogen-bond donors (Lipinski definition) is 3. The Kier molecular flexibility index (Phi) is 6.16. The number of carbonyl (C=O) groups is 2. The van der Waals surface area contributed by atoms with E-state index in [1.54, 1.807) is 22.3 Å². The first kappa shape index (κ1) is 21.5. The molecule has 1 aromatic heterocycles. The smallest absolute Gasteiger partial charge is 0.335 e. The van der Waals surface area contributed by atoms with E-state index in [1.165, 1.54) is 0 Å². The first-order valence-corrected chi connectivity index (χ1v) is 10.5. The largest absolute Gasteiger partial charge is 0.478 e. The molecule has 2 aromatic carbocycles. The third-order valence-corrected chi connectivity index (χ3v) is 5.51. The van der Waals surface area contributed by atoms with Gasteiger partial charge in [0.05, 0.1) is 17.1 Å². The number of likely N-dealkylation sites (N-methyl/N-ethyl adjacent to an activating group) is 1. The van der Waals surface area contributed by atoms with Crippen LogP contribution in [-0.2, 0) is 9.59 Å². The number of nitrogens with zero attached hydrogens (tertiary/aromatic N) is 3. The lowest BCUT2D eigenvalue weighted by Crippen LogP contribution is -2.56. The Morgan fingerprint density at radius 3 is 2.59 bits per heavy atom. The molecule has 1 aliphatic rings. The molecule has 4 rings (SSSR count). The van der Waals surface area contributed by atoms with Gasteiger partial charge in [0.1, 0.15) is 5.70 Å². The Bertz CT molecular complexity index is 1170. The molecule has 4 N–H and O–H groups in total. The van der Waals surface area contributed by atoms with Gasteiger partial charge in [-0.3, -0.25) is 14.8 Å². The van der Waals surface area contributed by atoms with Gasteiger partial charge in [-0.25, -0.2) is 9.80 Å². The highest BCUT2D eigenvalue weighted by Gasteiger charge is 2.43. The van der Waals surface area contributed by atoms with Crippen LogP contribution in [0, 0.1) is 0 Å². The van der Waals surface area contributed by atoms with E-state index in [0.717, 1.165) is 16.5 Å². The van der Waals surface area contributed by atoms with E-state index >= 15 is 0 Å². The third kappa shape index (κ3) is 3.81. The van der Waals surface area contributed by atoms with Crippen LogP contribution < -0.4 is 11.1 Å². The summed E-state index contributed by atoms with van der Waals surface area (Å²) >= 11 is 0. The number of hydrogen-bond acceptors (Lipinski definition) is 6. The van der Waals surface area contributed by atoms with Gasteiger partial charge in [0.15, 0.2) is 0 Å². The van der Waals surface area contributed by atoms with Crippen molar-refractivity contribution in [1.82, 2.24) is 15.0 Å². The number of amides is 1. The molecule has 0 saturated carbocycles. The lowest BCUT2D eigenvalue weighted by atomic mass is 9.93. The van der Waals surface area contributed by atoms with Crippen molar-refractivity contribution in [2.45, 2.75) is 13.0 Å². The van der Waals surface area contributed by atoms with Crippen LogP contribution in [0.1, 0.15) is 18.5 Å². The van der Waals surface area contributed by atoms with Crippen molar-refractivity contribution in [3.05, 3.63) is 83.7 Å².